The lowest BCUT2D eigenvalue weighted by Gasteiger charge is -2.23. The van der Waals surface area contributed by atoms with Crippen LogP contribution in [0.1, 0.15) is 18.4 Å². The lowest BCUT2D eigenvalue weighted by atomic mass is 10.1. The molecule has 0 aromatic heterocycles. The van der Waals surface area contributed by atoms with Crippen molar-refractivity contribution < 1.29 is 13.2 Å². The summed E-state index contributed by atoms with van der Waals surface area (Å²) in [4.78, 5) is 13.7. The van der Waals surface area contributed by atoms with Crippen LogP contribution in [0.4, 0.5) is 0 Å². The predicted molar refractivity (Wildman–Crippen MR) is 74.6 cm³/mol. The first-order valence-electron chi connectivity index (χ1n) is 6.48. The quantitative estimate of drug-likeness (QED) is 0.835. The van der Waals surface area contributed by atoms with Gasteiger partial charge in [-0.1, -0.05) is 30.3 Å². The molecule has 0 saturated carbocycles. The van der Waals surface area contributed by atoms with Crippen LogP contribution in [-0.2, 0) is 21.1 Å². The van der Waals surface area contributed by atoms with Crippen LogP contribution >= 0.6 is 0 Å². The minimum atomic E-state index is -2.93. The number of hydrogen-bond acceptors (Lipinski definition) is 3. The summed E-state index contributed by atoms with van der Waals surface area (Å²) in [6.07, 6.45) is 1.69. The van der Waals surface area contributed by atoms with Gasteiger partial charge in [0.05, 0.1) is 11.5 Å². The van der Waals surface area contributed by atoms with Crippen LogP contribution in [0.25, 0.3) is 0 Å². The standard InChI is InChI=1S/C14H19NO3S/c1-15(13-9-10-19(17,18)11-13)14(16)8-7-12-5-3-2-4-6-12/h2-6,13H,7-11H2,1H3/t13-/m1/s1. The second kappa shape index (κ2) is 5.74. The van der Waals surface area contributed by atoms with Gasteiger partial charge in [0.1, 0.15) is 0 Å². The summed E-state index contributed by atoms with van der Waals surface area (Å²) in [5.74, 6) is 0.333. The second-order valence-corrected chi connectivity index (χ2v) is 7.28. The molecule has 1 amide bonds. The van der Waals surface area contributed by atoms with E-state index in [1.54, 1.807) is 11.9 Å². The summed E-state index contributed by atoms with van der Waals surface area (Å²) in [5.41, 5.74) is 1.13. The molecule has 1 saturated heterocycles. The third-order valence-electron chi connectivity index (χ3n) is 3.62. The van der Waals surface area contributed by atoms with Gasteiger partial charge in [-0.15, -0.1) is 0 Å². The molecule has 0 aliphatic carbocycles. The Morgan fingerprint density at radius 1 is 1.32 bits per heavy atom. The highest BCUT2D eigenvalue weighted by Crippen LogP contribution is 2.17. The summed E-state index contributed by atoms with van der Waals surface area (Å²) in [7, 11) is -1.23. The molecule has 1 aromatic rings. The molecule has 2 rings (SSSR count). The molecule has 104 valence electrons. The van der Waals surface area contributed by atoms with Gasteiger partial charge in [-0.3, -0.25) is 4.79 Å². The predicted octanol–water partition coefficient (Wildman–Crippen LogP) is 1.26. The molecular weight excluding hydrogens is 262 g/mol. The van der Waals surface area contributed by atoms with Crippen LogP contribution in [0.5, 0.6) is 0 Å². The van der Waals surface area contributed by atoms with Gasteiger partial charge in [-0.05, 0) is 18.4 Å². The SMILES string of the molecule is CN(C(=O)CCc1ccccc1)[C@@H]1CCS(=O)(=O)C1. The van der Waals surface area contributed by atoms with Crippen molar-refractivity contribution in [3.63, 3.8) is 0 Å². The fraction of sp³-hybridized carbons (Fsp3) is 0.500. The third-order valence-corrected chi connectivity index (χ3v) is 5.37. The molecule has 19 heavy (non-hydrogen) atoms. The van der Waals surface area contributed by atoms with E-state index < -0.39 is 9.84 Å². The number of rotatable bonds is 4. The molecule has 0 radical (unpaired) electrons. The van der Waals surface area contributed by atoms with Crippen LogP contribution in [0.15, 0.2) is 30.3 Å². The van der Waals surface area contributed by atoms with E-state index in [0.29, 0.717) is 19.3 Å². The molecule has 4 nitrogen and oxygen atoms in total. The van der Waals surface area contributed by atoms with Gasteiger partial charge in [0.15, 0.2) is 9.84 Å². The van der Waals surface area contributed by atoms with Crippen molar-refractivity contribution in [2.24, 2.45) is 0 Å². The zero-order valence-electron chi connectivity index (χ0n) is 11.1. The first-order valence-corrected chi connectivity index (χ1v) is 8.30. The van der Waals surface area contributed by atoms with E-state index in [9.17, 15) is 13.2 Å². The maximum absolute atomic E-state index is 12.0. The van der Waals surface area contributed by atoms with Gasteiger partial charge in [0, 0.05) is 19.5 Å². The number of carbonyl (C=O) groups excluding carboxylic acids is 1. The Kier molecular flexibility index (Phi) is 4.24. The molecule has 1 aliphatic rings. The van der Waals surface area contributed by atoms with Crippen LogP contribution < -0.4 is 0 Å². The van der Waals surface area contributed by atoms with E-state index in [-0.39, 0.29) is 23.5 Å². The lowest BCUT2D eigenvalue weighted by Crippen LogP contribution is -2.37. The molecule has 5 heteroatoms. The summed E-state index contributed by atoms with van der Waals surface area (Å²) >= 11 is 0. The Morgan fingerprint density at radius 3 is 2.58 bits per heavy atom. The smallest absolute Gasteiger partial charge is 0.222 e. The Balaban J connectivity index is 1.87. The van der Waals surface area contributed by atoms with Gasteiger partial charge < -0.3 is 4.90 Å². The zero-order chi connectivity index (χ0) is 13.9. The van der Waals surface area contributed by atoms with Gasteiger partial charge in [0.25, 0.3) is 0 Å². The molecule has 1 heterocycles. The Hall–Kier alpha value is -1.36. The average Bonchev–Trinajstić information content (AvgIpc) is 2.76. The first-order chi connectivity index (χ1) is 8.98. The van der Waals surface area contributed by atoms with Crippen molar-refractivity contribution in [3.8, 4) is 0 Å². The van der Waals surface area contributed by atoms with Crippen molar-refractivity contribution in [2.45, 2.75) is 25.3 Å². The van der Waals surface area contributed by atoms with Crippen LogP contribution in [0, 0.1) is 0 Å². The van der Waals surface area contributed by atoms with Crippen LogP contribution in [-0.4, -0.2) is 43.8 Å². The highest BCUT2D eigenvalue weighted by Gasteiger charge is 2.32. The van der Waals surface area contributed by atoms with Crippen molar-refractivity contribution >= 4 is 15.7 Å². The molecule has 1 fully saturated rings. The van der Waals surface area contributed by atoms with Crippen molar-refractivity contribution in [1.29, 1.82) is 0 Å². The number of amides is 1. The Morgan fingerprint density at radius 2 is 2.00 bits per heavy atom. The van der Waals surface area contributed by atoms with Gasteiger partial charge in [-0.25, -0.2) is 8.42 Å². The molecule has 0 N–H and O–H groups in total. The lowest BCUT2D eigenvalue weighted by molar-refractivity contribution is -0.131. The largest absolute Gasteiger partial charge is 0.342 e. The molecule has 1 atom stereocenters. The molecule has 1 aliphatic heterocycles. The number of hydrogen-bond donors (Lipinski definition) is 0. The Bertz CT molecular complexity index is 539. The number of carbonyl (C=O) groups is 1. The maximum Gasteiger partial charge on any atom is 0.222 e. The molecular formula is C14H19NO3S. The van der Waals surface area contributed by atoms with Crippen molar-refractivity contribution in [1.82, 2.24) is 4.90 Å². The van der Waals surface area contributed by atoms with E-state index in [2.05, 4.69) is 0 Å². The molecule has 0 spiro atoms. The molecule has 0 unspecified atom stereocenters. The molecule has 0 bridgehead atoms. The third kappa shape index (κ3) is 3.80. The highest BCUT2D eigenvalue weighted by atomic mass is 32.2. The first kappa shape index (κ1) is 14.1. The summed E-state index contributed by atoms with van der Waals surface area (Å²) < 4.78 is 22.8. The number of benzene rings is 1. The van der Waals surface area contributed by atoms with Gasteiger partial charge >= 0.3 is 0 Å². The summed E-state index contributed by atoms with van der Waals surface area (Å²) in [5, 5.41) is 0. The summed E-state index contributed by atoms with van der Waals surface area (Å²) in [6, 6.07) is 9.69. The van der Waals surface area contributed by atoms with E-state index >= 15 is 0 Å². The number of nitrogens with zero attached hydrogens (tertiary/aromatic N) is 1. The fourth-order valence-corrected chi connectivity index (χ4v) is 4.13. The number of sulfone groups is 1. The monoisotopic (exact) mass is 281 g/mol. The van der Waals surface area contributed by atoms with E-state index in [1.165, 1.54) is 0 Å². The zero-order valence-corrected chi connectivity index (χ0v) is 11.9. The van der Waals surface area contributed by atoms with E-state index in [4.69, 9.17) is 0 Å². The fourth-order valence-electron chi connectivity index (χ4n) is 2.36. The van der Waals surface area contributed by atoms with Gasteiger partial charge in [0.2, 0.25) is 5.91 Å². The Labute approximate surface area is 114 Å². The van der Waals surface area contributed by atoms with Gasteiger partial charge in [-0.2, -0.15) is 0 Å². The van der Waals surface area contributed by atoms with Crippen LogP contribution in [0.2, 0.25) is 0 Å². The summed E-state index contributed by atoms with van der Waals surface area (Å²) in [6.45, 7) is 0. The van der Waals surface area contributed by atoms with Crippen molar-refractivity contribution in [3.05, 3.63) is 35.9 Å². The molecule has 1 aromatic carbocycles. The highest BCUT2D eigenvalue weighted by molar-refractivity contribution is 7.91. The van der Waals surface area contributed by atoms with Crippen LogP contribution in [0.3, 0.4) is 0 Å². The minimum Gasteiger partial charge on any atom is -0.342 e. The second-order valence-electron chi connectivity index (χ2n) is 5.05. The maximum atomic E-state index is 12.0. The number of aryl methyl sites for hydroxylation is 1. The average molecular weight is 281 g/mol. The van der Waals surface area contributed by atoms with E-state index in [1.807, 2.05) is 30.3 Å². The minimum absolute atomic E-state index is 0.0194. The van der Waals surface area contributed by atoms with E-state index in [0.717, 1.165) is 5.56 Å². The topological polar surface area (TPSA) is 54.5 Å². The normalized spacial score (nSPS) is 21.2. The van der Waals surface area contributed by atoms with Crippen molar-refractivity contribution in [2.75, 3.05) is 18.6 Å².